The lowest BCUT2D eigenvalue weighted by molar-refractivity contribution is -0.168. The molecule has 0 saturated carbocycles. The molecule has 0 saturated heterocycles. The highest BCUT2D eigenvalue weighted by molar-refractivity contribution is 6.19. The van der Waals surface area contributed by atoms with Crippen LogP contribution in [-0.4, -0.2) is 24.5 Å². The second kappa shape index (κ2) is 7.90. The number of esters is 1. The van der Waals surface area contributed by atoms with Crippen molar-refractivity contribution in [2.75, 3.05) is 6.61 Å². The Balaban J connectivity index is 0. The van der Waals surface area contributed by atoms with Crippen LogP contribution in [-0.2, 0) is 14.3 Å². The first-order valence-corrected chi connectivity index (χ1v) is 4.79. The van der Waals surface area contributed by atoms with Crippen molar-refractivity contribution in [3.05, 3.63) is 11.6 Å². The van der Waals surface area contributed by atoms with Crippen molar-refractivity contribution >= 4 is 11.8 Å². The number of allylic oxidation sites excluding steroid dienone is 1. The Bertz CT molecular complexity index is 267. The summed E-state index contributed by atoms with van der Waals surface area (Å²) >= 11 is 0. The van der Waals surface area contributed by atoms with Crippen molar-refractivity contribution in [2.24, 2.45) is 0 Å². The zero-order chi connectivity index (χ0) is 13.4. The molecule has 0 atom stereocenters. The Morgan fingerprint density at radius 2 is 1.69 bits per heavy atom. The molecule has 6 heteroatoms. The number of carbonyl (C=O) groups excluding carboxylic acids is 2. The molecule has 0 aliphatic rings. The molecule has 0 bridgehead atoms. The van der Waals surface area contributed by atoms with Crippen LogP contribution in [0, 0.1) is 0 Å². The van der Waals surface area contributed by atoms with Crippen LogP contribution in [0.3, 0.4) is 0 Å². The largest absolute Gasteiger partial charge is 0.462 e. The van der Waals surface area contributed by atoms with Crippen LogP contribution in [0.4, 0.5) is 13.2 Å². The number of ketones is 1. The predicted molar refractivity (Wildman–Crippen MR) is 52.8 cm³/mol. The Labute approximate surface area is 92.3 Å². The summed E-state index contributed by atoms with van der Waals surface area (Å²) in [6.07, 6.45) is -4.26. The Morgan fingerprint density at radius 3 is 1.94 bits per heavy atom. The van der Waals surface area contributed by atoms with E-state index >= 15 is 0 Å². The van der Waals surface area contributed by atoms with Gasteiger partial charge < -0.3 is 4.74 Å². The number of alkyl halides is 3. The number of rotatable bonds is 3. The third kappa shape index (κ3) is 5.53. The van der Waals surface area contributed by atoms with Crippen LogP contribution >= 0.6 is 0 Å². The van der Waals surface area contributed by atoms with Gasteiger partial charge in [-0.05, 0) is 13.8 Å². The van der Waals surface area contributed by atoms with E-state index in [9.17, 15) is 22.8 Å². The normalized spacial score (nSPS) is 11.3. The number of hydrogen-bond acceptors (Lipinski definition) is 3. The van der Waals surface area contributed by atoms with Crippen molar-refractivity contribution in [2.45, 2.75) is 33.9 Å². The van der Waals surface area contributed by atoms with E-state index in [0.717, 1.165) is 13.0 Å². The second-order valence-corrected chi connectivity index (χ2v) is 2.25. The van der Waals surface area contributed by atoms with Gasteiger partial charge in [-0.3, -0.25) is 4.79 Å². The molecular formula is C10H15F3O3. The van der Waals surface area contributed by atoms with E-state index in [0.29, 0.717) is 0 Å². The van der Waals surface area contributed by atoms with Gasteiger partial charge in [0.2, 0.25) is 0 Å². The predicted octanol–water partition coefficient (Wildman–Crippen LogP) is 2.65. The topological polar surface area (TPSA) is 43.4 Å². The average molecular weight is 240 g/mol. The van der Waals surface area contributed by atoms with E-state index in [2.05, 4.69) is 4.74 Å². The molecule has 0 rings (SSSR count). The van der Waals surface area contributed by atoms with E-state index in [-0.39, 0.29) is 6.61 Å². The van der Waals surface area contributed by atoms with Gasteiger partial charge in [0.15, 0.2) is 0 Å². The fourth-order valence-corrected chi connectivity index (χ4v) is 0.703. The molecule has 0 unspecified atom stereocenters. The molecule has 0 amide bonds. The van der Waals surface area contributed by atoms with Crippen LogP contribution in [0.25, 0.3) is 0 Å². The maximum Gasteiger partial charge on any atom is 0.455 e. The molecule has 0 aromatic carbocycles. The molecule has 0 spiro atoms. The van der Waals surface area contributed by atoms with E-state index in [1.807, 2.05) is 13.8 Å². The van der Waals surface area contributed by atoms with E-state index in [4.69, 9.17) is 0 Å². The fraction of sp³-hybridized carbons (Fsp3) is 0.600. The van der Waals surface area contributed by atoms with Crippen LogP contribution in [0.5, 0.6) is 0 Å². The molecule has 0 N–H and O–H groups in total. The summed E-state index contributed by atoms with van der Waals surface area (Å²) in [4.78, 5) is 21.5. The summed E-state index contributed by atoms with van der Waals surface area (Å²) < 4.78 is 39.9. The molecule has 0 aromatic heterocycles. The molecule has 3 nitrogen and oxygen atoms in total. The highest BCUT2D eigenvalue weighted by Crippen LogP contribution is 2.21. The van der Waals surface area contributed by atoms with Gasteiger partial charge in [0.05, 0.1) is 6.61 Å². The van der Waals surface area contributed by atoms with Gasteiger partial charge in [0.25, 0.3) is 5.78 Å². The molecular weight excluding hydrogens is 225 g/mol. The third-order valence-electron chi connectivity index (χ3n) is 1.29. The van der Waals surface area contributed by atoms with Crippen LogP contribution in [0.1, 0.15) is 27.7 Å². The van der Waals surface area contributed by atoms with Gasteiger partial charge in [-0.1, -0.05) is 19.9 Å². The number of halogens is 3. The fourth-order valence-electron chi connectivity index (χ4n) is 0.703. The molecule has 0 aromatic rings. The quantitative estimate of drug-likeness (QED) is 0.329. The highest BCUT2D eigenvalue weighted by atomic mass is 19.4. The molecule has 0 aliphatic carbocycles. The summed E-state index contributed by atoms with van der Waals surface area (Å²) in [5.41, 5.74) is -0.987. The van der Waals surface area contributed by atoms with Gasteiger partial charge >= 0.3 is 12.1 Å². The summed E-state index contributed by atoms with van der Waals surface area (Å²) in [5, 5.41) is 0. The van der Waals surface area contributed by atoms with Crippen molar-refractivity contribution in [1.82, 2.24) is 0 Å². The van der Waals surface area contributed by atoms with E-state index in [1.54, 1.807) is 0 Å². The van der Waals surface area contributed by atoms with Gasteiger partial charge in [-0.2, -0.15) is 13.2 Å². The van der Waals surface area contributed by atoms with Crippen LogP contribution in [0.15, 0.2) is 11.6 Å². The van der Waals surface area contributed by atoms with Crippen molar-refractivity contribution in [3.8, 4) is 0 Å². The lowest BCUT2D eigenvalue weighted by Gasteiger charge is -2.07. The summed E-state index contributed by atoms with van der Waals surface area (Å²) in [6.45, 7) is 6.51. The van der Waals surface area contributed by atoms with E-state index < -0.39 is 23.5 Å². The second-order valence-electron chi connectivity index (χ2n) is 2.25. The first-order valence-electron chi connectivity index (χ1n) is 4.79. The minimum Gasteiger partial charge on any atom is -0.462 e. The highest BCUT2D eigenvalue weighted by Gasteiger charge is 2.43. The summed E-state index contributed by atoms with van der Waals surface area (Å²) in [7, 11) is 0. The number of ether oxygens (including phenoxy) is 1. The van der Waals surface area contributed by atoms with Gasteiger partial charge in [0.1, 0.15) is 5.57 Å². The zero-order valence-electron chi connectivity index (χ0n) is 9.64. The standard InChI is InChI=1S/C8H9F3O3.C2H6/c1-3-5(7(13)14-4-2)6(12)8(9,10)11;1-2/h3H,4H2,1-2H3;1-2H3/b5-3-;. The van der Waals surface area contributed by atoms with E-state index in [1.165, 1.54) is 6.92 Å². The maximum atomic E-state index is 11.9. The van der Waals surface area contributed by atoms with Crippen molar-refractivity contribution < 1.29 is 27.5 Å². The third-order valence-corrected chi connectivity index (χ3v) is 1.29. The minimum absolute atomic E-state index is 0.0820. The molecule has 0 fully saturated rings. The summed E-state index contributed by atoms with van der Waals surface area (Å²) in [6, 6.07) is 0. The van der Waals surface area contributed by atoms with Crippen LogP contribution in [0.2, 0.25) is 0 Å². The lowest BCUT2D eigenvalue weighted by atomic mass is 10.1. The molecule has 16 heavy (non-hydrogen) atoms. The molecule has 0 aliphatic heterocycles. The monoisotopic (exact) mass is 240 g/mol. The molecule has 0 radical (unpaired) electrons. The van der Waals surface area contributed by atoms with Crippen LogP contribution < -0.4 is 0 Å². The van der Waals surface area contributed by atoms with Crippen molar-refractivity contribution in [1.29, 1.82) is 0 Å². The minimum atomic E-state index is -5.05. The smallest absolute Gasteiger partial charge is 0.455 e. The Morgan fingerprint density at radius 1 is 1.25 bits per heavy atom. The van der Waals surface area contributed by atoms with Gasteiger partial charge in [-0.25, -0.2) is 4.79 Å². The SMILES string of the molecule is C/C=C(\C(=O)OCC)C(=O)C(F)(F)F.CC. The molecule has 0 heterocycles. The zero-order valence-corrected chi connectivity index (χ0v) is 9.64. The number of Topliss-reactive ketones (excluding diaryl/α,β-unsaturated/α-hetero) is 1. The van der Waals surface area contributed by atoms with Crippen molar-refractivity contribution in [3.63, 3.8) is 0 Å². The lowest BCUT2D eigenvalue weighted by Crippen LogP contribution is -2.29. The van der Waals surface area contributed by atoms with Gasteiger partial charge in [0, 0.05) is 0 Å². The van der Waals surface area contributed by atoms with Gasteiger partial charge in [-0.15, -0.1) is 0 Å². The Kier molecular flexibility index (Phi) is 8.43. The average Bonchev–Trinajstić information content (AvgIpc) is 2.21. The number of carbonyl (C=O) groups is 2. The first-order chi connectivity index (χ1) is 7.34. The first kappa shape index (κ1) is 17.1. The molecule has 94 valence electrons. The number of hydrogen-bond donors (Lipinski definition) is 0. The summed E-state index contributed by atoms with van der Waals surface area (Å²) in [5.74, 6) is -3.43. The Hall–Kier alpha value is -1.33. The maximum absolute atomic E-state index is 11.9.